The summed E-state index contributed by atoms with van der Waals surface area (Å²) < 4.78 is 37.7. The number of aromatic nitrogens is 1. The van der Waals surface area contributed by atoms with E-state index in [1.54, 1.807) is 0 Å². The third-order valence-corrected chi connectivity index (χ3v) is 5.38. The van der Waals surface area contributed by atoms with Gasteiger partial charge in [-0.25, -0.2) is 4.79 Å². The van der Waals surface area contributed by atoms with Gasteiger partial charge in [-0.3, -0.25) is 4.79 Å². The number of nitrogens with zero attached hydrogens (tertiary/aromatic N) is 2. The van der Waals surface area contributed by atoms with Crippen LogP contribution in [0.3, 0.4) is 0 Å². The van der Waals surface area contributed by atoms with Crippen molar-refractivity contribution in [1.29, 1.82) is 0 Å². The second-order valence-corrected chi connectivity index (χ2v) is 7.55. The van der Waals surface area contributed by atoms with Crippen molar-refractivity contribution in [2.24, 2.45) is 5.92 Å². The van der Waals surface area contributed by atoms with Gasteiger partial charge in [0.15, 0.2) is 0 Å². The number of amides is 1. The minimum absolute atomic E-state index is 0.118. The lowest BCUT2D eigenvalue weighted by Crippen LogP contribution is -2.48. The summed E-state index contributed by atoms with van der Waals surface area (Å²) in [6, 6.07) is 7.87. The highest BCUT2D eigenvalue weighted by Gasteiger charge is 2.38. The number of aromatic amines is 1. The van der Waals surface area contributed by atoms with E-state index in [1.807, 2.05) is 35.4 Å². The summed E-state index contributed by atoms with van der Waals surface area (Å²) in [5.74, 6) is -2.10. The Bertz CT molecular complexity index is 899. The first-order chi connectivity index (χ1) is 14.1. The predicted molar refractivity (Wildman–Crippen MR) is 103 cm³/mol. The number of fused-ring (bicyclic) bond motifs is 2. The normalized spacial score (nSPS) is 22.6. The zero-order chi connectivity index (χ0) is 21.9. The van der Waals surface area contributed by atoms with E-state index in [4.69, 9.17) is 14.6 Å². The van der Waals surface area contributed by atoms with Crippen LogP contribution in [-0.4, -0.2) is 83.9 Å². The van der Waals surface area contributed by atoms with Crippen molar-refractivity contribution >= 4 is 22.8 Å². The molecule has 1 aromatic heterocycles. The van der Waals surface area contributed by atoms with Crippen molar-refractivity contribution < 1.29 is 32.6 Å². The van der Waals surface area contributed by atoms with Gasteiger partial charge in [0, 0.05) is 54.8 Å². The number of carbonyl (C=O) groups is 2. The summed E-state index contributed by atoms with van der Waals surface area (Å²) in [7, 11) is 2.15. The highest BCUT2D eigenvalue weighted by Crippen LogP contribution is 2.25. The first-order valence-corrected chi connectivity index (χ1v) is 9.62. The van der Waals surface area contributed by atoms with Gasteiger partial charge < -0.3 is 24.6 Å². The molecule has 10 heteroatoms. The van der Waals surface area contributed by atoms with E-state index in [1.165, 1.54) is 0 Å². The number of carbonyl (C=O) groups excluding carboxylic acids is 1. The summed E-state index contributed by atoms with van der Waals surface area (Å²) >= 11 is 0. The van der Waals surface area contributed by atoms with Gasteiger partial charge in [0.2, 0.25) is 0 Å². The maximum Gasteiger partial charge on any atom is 0.490 e. The fourth-order valence-corrected chi connectivity index (χ4v) is 3.77. The van der Waals surface area contributed by atoms with Crippen LogP contribution in [-0.2, 0) is 9.53 Å². The maximum absolute atomic E-state index is 12.8. The minimum Gasteiger partial charge on any atom is -0.475 e. The number of halogens is 3. The third kappa shape index (κ3) is 5.31. The molecular weight excluding hydrogens is 403 g/mol. The van der Waals surface area contributed by atoms with Gasteiger partial charge in [0.1, 0.15) is 0 Å². The molecule has 30 heavy (non-hydrogen) atoms. The first-order valence-electron chi connectivity index (χ1n) is 9.62. The van der Waals surface area contributed by atoms with Crippen molar-refractivity contribution in [3.63, 3.8) is 0 Å². The smallest absolute Gasteiger partial charge is 0.475 e. The summed E-state index contributed by atoms with van der Waals surface area (Å²) in [5.41, 5.74) is 1.83. The molecule has 2 aliphatic rings. The van der Waals surface area contributed by atoms with Crippen molar-refractivity contribution in [1.82, 2.24) is 14.8 Å². The molecule has 4 rings (SSSR count). The molecule has 2 N–H and O–H groups in total. The van der Waals surface area contributed by atoms with E-state index in [0.717, 1.165) is 49.1 Å². The monoisotopic (exact) mass is 427 g/mol. The summed E-state index contributed by atoms with van der Waals surface area (Å²) in [6.45, 7) is 4.34. The molecule has 0 unspecified atom stereocenters. The molecule has 164 valence electrons. The van der Waals surface area contributed by atoms with Gasteiger partial charge in [0.25, 0.3) is 5.91 Å². The van der Waals surface area contributed by atoms with E-state index in [2.05, 4.69) is 16.9 Å². The van der Waals surface area contributed by atoms with Crippen LogP contribution in [0.15, 0.2) is 30.5 Å². The largest absolute Gasteiger partial charge is 0.490 e. The zero-order valence-corrected chi connectivity index (χ0v) is 16.5. The fraction of sp³-hybridized carbons (Fsp3) is 0.500. The molecule has 2 atom stereocenters. The van der Waals surface area contributed by atoms with Gasteiger partial charge in [-0.2, -0.15) is 13.2 Å². The van der Waals surface area contributed by atoms with Crippen LogP contribution in [0.4, 0.5) is 13.2 Å². The predicted octanol–water partition coefficient (Wildman–Crippen LogP) is 2.59. The van der Waals surface area contributed by atoms with Crippen LogP contribution in [0.1, 0.15) is 16.8 Å². The Morgan fingerprint density at radius 2 is 1.93 bits per heavy atom. The topological polar surface area (TPSA) is 85.9 Å². The van der Waals surface area contributed by atoms with Crippen LogP contribution in [0.25, 0.3) is 10.9 Å². The molecule has 0 aliphatic carbocycles. The van der Waals surface area contributed by atoms with Gasteiger partial charge in [-0.1, -0.05) is 0 Å². The number of H-pyrrole nitrogens is 1. The van der Waals surface area contributed by atoms with Crippen molar-refractivity contribution in [3.8, 4) is 0 Å². The first kappa shape index (κ1) is 22.1. The number of hydrogen-bond acceptors (Lipinski definition) is 4. The number of piperidine rings is 1. The Labute approximate surface area is 171 Å². The van der Waals surface area contributed by atoms with E-state index < -0.39 is 12.1 Å². The number of likely N-dealkylation sites (tertiary alicyclic amines) is 1. The number of ether oxygens (including phenoxy) is 1. The molecular formula is C20H24F3N3O4. The van der Waals surface area contributed by atoms with Gasteiger partial charge in [-0.05, 0) is 37.7 Å². The third-order valence-electron chi connectivity index (χ3n) is 5.38. The number of likely N-dealkylation sites (N-methyl/N-ethyl adjacent to an activating group) is 1. The summed E-state index contributed by atoms with van der Waals surface area (Å²) in [4.78, 5) is 29.2. The Hall–Kier alpha value is -2.59. The highest BCUT2D eigenvalue weighted by atomic mass is 19.4. The van der Waals surface area contributed by atoms with E-state index in [-0.39, 0.29) is 12.0 Å². The highest BCUT2D eigenvalue weighted by molar-refractivity contribution is 5.98. The zero-order valence-electron chi connectivity index (χ0n) is 16.5. The Balaban J connectivity index is 0.000000318. The van der Waals surface area contributed by atoms with E-state index >= 15 is 0 Å². The molecule has 1 amide bonds. The number of alkyl halides is 3. The average Bonchev–Trinajstić information content (AvgIpc) is 3.07. The van der Waals surface area contributed by atoms with Crippen molar-refractivity contribution in [2.45, 2.75) is 18.7 Å². The molecule has 0 saturated carbocycles. The van der Waals surface area contributed by atoms with Gasteiger partial charge >= 0.3 is 12.1 Å². The standard InChI is InChI=1S/C18H23N3O2.C2HF3O2/c1-20-8-9-23-17-12-21(7-5-15(17)11-20)18(22)14-2-3-16-13(10-14)4-6-19-16;3-2(4,5)1(6)7/h2-4,6,10,15,17,19H,5,7-9,11-12H2,1H3;(H,6,7)/t15-,17-;/m1./s1. The van der Waals surface area contributed by atoms with Crippen LogP contribution >= 0.6 is 0 Å². The van der Waals surface area contributed by atoms with Crippen molar-refractivity contribution in [2.75, 3.05) is 39.8 Å². The fourth-order valence-electron chi connectivity index (χ4n) is 3.77. The van der Waals surface area contributed by atoms with Crippen LogP contribution < -0.4 is 0 Å². The Kier molecular flexibility index (Phi) is 6.67. The molecule has 2 aromatic rings. The molecule has 1 aromatic carbocycles. The lowest BCUT2D eigenvalue weighted by molar-refractivity contribution is -0.192. The number of rotatable bonds is 1. The molecule has 2 aliphatic heterocycles. The number of aliphatic carboxylic acids is 1. The van der Waals surface area contributed by atoms with Crippen LogP contribution in [0.2, 0.25) is 0 Å². The second kappa shape index (κ2) is 9.05. The molecule has 0 bridgehead atoms. The molecule has 0 radical (unpaired) electrons. The second-order valence-electron chi connectivity index (χ2n) is 7.55. The number of carboxylic acids is 1. The maximum atomic E-state index is 12.8. The number of carboxylic acid groups (broad SMARTS) is 1. The molecule has 0 spiro atoms. The van der Waals surface area contributed by atoms with Crippen LogP contribution in [0.5, 0.6) is 0 Å². The van der Waals surface area contributed by atoms with Crippen molar-refractivity contribution in [3.05, 3.63) is 36.0 Å². The SMILES string of the molecule is CN1CCO[C@@H]2CN(C(=O)c3ccc4[nH]ccc4c3)CC[C@@H]2C1.O=C(O)C(F)(F)F. The summed E-state index contributed by atoms with van der Waals surface area (Å²) in [6.07, 6.45) is -1.98. The Morgan fingerprint density at radius 1 is 1.20 bits per heavy atom. The molecule has 3 heterocycles. The number of benzene rings is 1. The Morgan fingerprint density at radius 3 is 2.63 bits per heavy atom. The lowest BCUT2D eigenvalue weighted by atomic mass is 9.93. The molecule has 7 nitrogen and oxygen atoms in total. The van der Waals surface area contributed by atoms with E-state index in [0.29, 0.717) is 12.5 Å². The van der Waals surface area contributed by atoms with Gasteiger partial charge in [-0.15, -0.1) is 0 Å². The summed E-state index contributed by atoms with van der Waals surface area (Å²) in [5, 5.41) is 8.21. The van der Waals surface area contributed by atoms with E-state index in [9.17, 15) is 18.0 Å². The van der Waals surface area contributed by atoms with Gasteiger partial charge in [0.05, 0.1) is 12.7 Å². The average molecular weight is 427 g/mol. The number of nitrogens with one attached hydrogen (secondary N) is 1. The minimum atomic E-state index is -5.08. The quantitative estimate of drug-likeness (QED) is 0.731. The number of hydrogen-bond donors (Lipinski definition) is 2. The molecule has 2 fully saturated rings. The molecule has 2 saturated heterocycles. The lowest BCUT2D eigenvalue weighted by Gasteiger charge is -2.37. The van der Waals surface area contributed by atoms with Crippen LogP contribution in [0, 0.1) is 5.92 Å².